The molecule has 0 spiro atoms. The zero-order valence-corrected chi connectivity index (χ0v) is 25.9. The van der Waals surface area contributed by atoms with Gasteiger partial charge in [-0.2, -0.15) is 0 Å². The van der Waals surface area contributed by atoms with Crippen molar-refractivity contribution in [2.45, 2.75) is 70.6 Å². The molecule has 0 aliphatic heterocycles. The van der Waals surface area contributed by atoms with E-state index in [-0.39, 0.29) is 18.7 Å². The lowest BCUT2D eigenvalue weighted by atomic mass is 9.73. The highest BCUT2D eigenvalue weighted by atomic mass is 16.3. The molecule has 0 fully saturated rings. The molecule has 0 radical (unpaired) electrons. The maximum absolute atomic E-state index is 13.7. The van der Waals surface area contributed by atoms with Crippen LogP contribution in [0.3, 0.4) is 0 Å². The van der Waals surface area contributed by atoms with Gasteiger partial charge in [-0.3, -0.25) is 14.4 Å². The Labute approximate surface area is 258 Å². The average molecular weight is 605 g/mol. The average Bonchev–Trinajstić information content (AvgIpc) is 2.96. The van der Waals surface area contributed by atoms with Crippen LogP contribution in [0.1, 0.15) is 63.0 Å². The van der Waals surface area contributed by atoms with Gasteiger partial charge >= 0.3 is 6.03 Å². The number of unbranched alkanes of at least 4 members (excludes halogenated alkanes) is 1. The predicted molar refractivity (Wildman–Crippen MR) is 169 cm³/mol. The minimum absolute atomic E-state index is 0.0131. The summed E-state index contributed by atoms with van der Waals surface area (Å²) in [6.07, 6.45) is -0.592. The fourth-order valence-electron chi connectivity index (χ4n) is 5.22. The summed E-state index contributed by atoms with van der Waals surface area (Å²) in [7, 11) is 0. The Balaban J connectivity index is 2.09. The van der Waals surface area contributed by atoms with Gasteiger partial charge in [-0.15, -0.1) is 0 Å². The van der Waals surface area contributed by atoms with Crippen molar-refractivity contribution in [2.24, 2.45) is 17.4 Å². The molecule has 0 aliphatic carbocycles. The number of carbonyl (C=O) groups excluding carboxylic acids is 4. The van der Waals surface area contributed by atoms with Crippen LogP contribution in [-0.2, 0) is 16.0 Å². The lowest BCUT2D eigenvalue weighted by molar-refractivity contribution is -0.134. The molecule has 3 aromatic rings. The summed E-state index contributed by atoms with van der Waals surface area (Å²) in [4.78, 5) is 58.8. The van der Waals surface area contributed by atoms with E-state index >= 15 is 0 Å². The van der Waals surface area contributed by atoms with Crippen LogP contribution in [0.2, 0.25) is 0 Å². The molecule has 1 heterocycles. The van der Waals surface area contributed by atoms with Crippen molar-refractivity contribution in [1.82, 2.24) is 20.5 Å². The quantitative estimate of drug-likeness (QED) is 0.189. The number of aliphatic hydroxyl groups is 1. The van der Waals surface area contributed by atoms with Gasteiger partial charge in [0.1, 0.15) is 11.2 Å². The number of hydrogen-bond donors (Lipinski definition) is 5. The monoisotopic (exact) mass is 604 g/mol. The highest BCUT2D eigenvalue weighted by Gasteiger charge is 2.50. The Morgan fingerprint density at radius 2 is 1.59 bits per heavy atom. The van der Waals surface area contributed by atoms with E-state index in [1.54, 1.807) is 42.5 Å². The second kappa shape index (κ2) is 14.8. The number of urea groups is 1. The minimum atomic E-state index is -2.12. The zero-order chi connectivity index (χ0) is 32.5. The number of carbonyl (C=O) groups is 4. The molecule has 0 saturated carbocycles. The molecule has 7 N–H and O–H groups in total. The van der Waals surface area contributed by atoms with Crippen molar-refractivity contribution in [2.75, 3.05) is 13.1 Å². The van der Waals surface area contributed by atoms with Crippen LogP contribution in [0.4, 0.5) is 4.79 Å². The molecule has 236 valence electrons. The number of nitrogens with two attached hydrogens (primary N) is 2. The van der Waals surface area contributed by atoms with Crippen molar-refractivity contribution in [3.8, 4) is 0 Å². The number of amides is 5. The van der Waals surface area contributed by atoms with Gasteiger partial charge in [0, 0.05) is 29.9 Å². The van der Waals surface area contributed by atoms with E-state index in [0.29, 0.717) is 24.0 Å². The Morgan fingerprint density at radius 1 is 0.932 bits per heavy atom. The molecular formula is C33H44N6O5. The molecule has 0 bridgehead atoms. The van der Waals surface area contributed by atoms with Gasteiger partial charge < -0.3 is 32.1 Å². The predicted octanol–water partition coefficient (Wildman–Crippen LogP) is 2.89. The fourth-order valence-corrected chi connectivity index (χ4v) is 5.22. The number of primary amides is 2. The van der Waals surface area contributed by atoms with Gasteiger partial charge in [0.15, 0.2) is 0 Å². The lowest BCUT2D eigenvalue weighted by Gasteiger charge is -2.42. The smallest absolute Gasteiger partial charge is 0.317 e. The Bertz CT molecular complexity index is 1460. The number of aliphatic hydroxyl groups excluding tert-OH is 1. The van der Waals surface area contributed by atoms with Crippen molar-refractivity contribution >= 4 is 34.7 Å². The first-order chi connectivity index (χ1) is 20.8. The van der Waals surface area contributed by atoms with E-state index in [9.17, 15) is 24.3 Å². The molecule has 0 saturated heterocycles. The third-order valence-electron chi connectivity index (χ3n) is 7.41. The van der Waals surface area contributed by atoms with Crippen LogP contribution in [-0.4, -0.2) is 69.0 Å². The first-order valence-electron chi connectivity index (χ1n) is 14.8. The van der Waals surface area contributed by atoms with Crippen LogP contribution in [0.15, 0.2) is 66.7 Å². The molecule has 2 aromatic carbocycles. The number of fused-ring (bicyclic) bond motifs is 1. The third-order valence-corrected chi connectivity index (χ3v) is 7.41. The summed E-state index contributed by atoms with van der Waals surface area (Å²) in [6.45, 7) is 7.66. The van der Waals surface area contributed by atoms with Crippen LogP contribution < -0.4 is 22.1 Å². The normalized spacial score (nSPS) is 14.2. The first-order valence-corrected chi connectivity index (χ1v) is 14.8. The standard InChI is InChI=1S/C33H44N6O5/c1-5-6-18-39(31(44)38-32(2,3)4)21-27(40)24(19-22-12-8-7-9-13-22)33(30(35)43,20-28(34)41)37-29(42)26-17-16-23-14-10-11-15-25(23)36-26/h7-17,24,27,40H,5-6,18-21H2,1-4H3,(H2,34,41)(H2,35,43)(H,37,42)(H,38,44). The molecular weight excluding hydrogens is 560 g/mol. The Kier molecular flexibility index (Phi) is 11.4. The summed E-state index contributed by atoms with van der Waals surface area (Å²) >= 11 is 0. The Morgan fingerprint density at radius 3 is 2.20 bits per heavy atom. The van der Waals surface area contributed by atoms with Gasteiger partial charge in [-0.05, 0) is 51.3 Å². The summed E-state index contributed by atoms with van der Waals surface area (Å²) in [5, 5.41) is 18.3. The van der Waals surface area contributed by atoms with E-state index in [1.165, 1.54) is 11.0 Å². The highest BCUT2D eigenvalue weighted by molar-refractivity contribution is 6.01. The number of hydrogen-bond acceptors (Lipinski definition) is 6. The molecule has 5 amide bonds. The maximum atomic E-state index is 13.7. The molecule has 3 rings (SSSR count). The number of nitrogens with zero attached hydrogens (tertiary/aromatic N) is 2. The summed E-state index contributed by atoms with van der Waals surface area (Å²) in [5.74, 6) is -3.89. The van der Waals surface area contributed by atoms with E-state index in [2.05, 4.69) is 15.6 Å². The maximum Gasteiger partial charge on any atom is 0.317 e. The zero-order valence-electron chi connectivity index (χ0n) is 25.9. The number of rotatable bonds is 14. The number of pyridine rings is 1. The van der Waals surface area contributed by atoms with Crippen molar-refractivity contribution in [3.05, 3.63) is 78.0 Å². The minimum Gasteiger partial charge on any atom is -0.391 e. The van der Waals surface area contributed by atoms with Gasteiger partial charge in [-0.25, -0.2) is 9.78 Å². The number of para-hydroxylation sites is 1. The molecule has 3 atom stereocenters. The molecule has 44 heavy (non-hydrogen) atoms. The second-order valence-corrected chi connectivity index (χ2v) is 12.2. The van der Waals surface area contributed by atoms with E-state index in [1.807, 2.05) is 45.9 Å². The van der Waals surface area contributed by atoms with Crippen molar-refractivity contribution in [3.63, 3.8) is 0 Å². The van der Waals surface area contributed by atoms with Crippen LogP contribution in [0.5, 0.6) is 0 Å². The van der Waals surface area contributed by atoms with Crippen LogP contribution in [0.25, 0.3) is 10.9 Å². The molecule has 3 unspecified atom stereocenters. The lowest BCUT2D eigenvalue weighted by Crippen LogP contribution is -2.67. The van der Waals surface area contributed by atoms with E-state index in [0.717, 1.165) is 11.8 Å². The van der Waals surface area contributed by atoms with Crippen molar-refractivity contribution in [1.29, 1.82) is 0 Å². The number of aromatic nitrogens is 1. The van der Waals surface area contributed by atoms with Gasteiger partial charge in [0.05, 0.1) is 18.0 Å². The molecule has 11 nitrogen and oxygen atoms in total. The van der Waals surface area contributed by atoms with Crippen LogP contribution >= 0.6 is 0 Å². The third kappa shape index (κ3) is 9.00. The second-order valence-electron chi connectivity index (χ2n) is 12.2. The van der Waals surface area contributed by atoms with Gasteiger partial charge in [0.2, 0.25) is 11.8 Å². The fraction of sp³-hybridized carbons (Fsp3) is 0.424. The molecule has 1 aromatic heterocycles. The van der Waals surface area contributed by atoms with Gasteiger partial charge in [-0.1, -0.05) is 67.9 Å². The molecule has 11 heteroatoms. The summed E-state index contributed by atoms with van der Waals surface area (Å²) in [5.41, 5.74) is 10.2. The van der Waals surface area contributed by atoms with E-state index < -0.39 is 53.3 Å². The number of nitrogens with one attached hydrogen (secondary N) is 2. The first kappa shape index (κ1) is 34.0. The van der Waals surface area contributed by atoms with Gasteiger partial charge in [0.25, 0.3) is 5.91 Å². The SMILES string of the molecule is CCCCN(CC(O)C(Cc1ccccc1)C(CC(N)=O)(NC(=O)c1ccc2ccccc2n1)C(N)=O)C(=O)NC(C)(C)C. The van der Waals surface area contributed by atoms with E-state index in [4.69, 9.17) is 11.5 Å². The largest absolute Gasteiger partial charge is 0.391 e. The topological polar surface area (TPSA) is 181 Å². The number of benzene rings is 2. The summed E-state index contributed by atoms with van der Waals surface area (Å²) < 4.78 is 0. The van der Waals surface area contributed by atoms with Crippen LogP contribution in [0, 0.1) is 5.92 Å². The van der Waals surface area contributed by atoms with Crippen molar-refractivity contribution < 1.29 is 24.3 Å². The summed E-state index contributed by atoms with van der Waals surface area (Å²) in [6, 6.07) is 19.0. The molecule has 0 aliphatic rings. The Hall–Kier alpha value is -4.51. The highest BCUT2D eigenvalue weighted by Crippen LogP contribution is 2.30.